The highest BCUT2D eigenvalue weighted by atomic mass is 32.1. The number of carbonyl (C=O) groups is 1. The van der Waals surface area contributed by atoms with Crippen molar-refractivity contribution in [2.75, 3.05) is 6.61 Å². The molecule has 2 heterocycles. The zero-order chi connectivity index (χ0) is 10.7. The molecule has 0 aliphatic carbocycles. The van der Waals surface area contributed by atoms with Crippen LogP contribution in [0.1, 0.15) is 23.6 Å². The fourth-order valence-corrected chi connectivity index (χ4v) is 2.49. The maximum Gasteiger partial charge on any atom is 0.183 e. The molecule has 3 nitrogen and oxygen atoms in total. The van der Waals surface area contributed by atoms with Crippen LogP contribution in [-0.2, 0) is 9.53 Å². The van der Waals surface area contributed by atoms with Crippen molar-refractivity contribution < 1.29 is 9.53 Å². The summed E-state index contributed by atoms with van der Waals surface area (Å²) in [6.07, 6.45) is 1.30. The molecule has 0 aromatic carbocycles. The fraction of sp³-hybridized carbons (Fsp3) is 0.455. The summed E-state index contributed by atoms with van der Waals surface area (Å²) >= 11 is 1.44. The minimum Gasteiger partial charge on any atom is -0.370 e. The Morgan fingerprint density at radius 1 is 1.73 bits per heavy atom. The third kappa shape index (κ3) is 2.09. The average molecular weight is 221 g/mol. The molecular weight excluding hydrogens is 210 g/mol. The predicted octanol–water partition coefficient (Wildman–Crippen LogP) is 2.10. The third-order valence-corrected chi connectivity index (χ3v) is 3.43. The number of ether oxygens (including phenoxy) is 1. The van der Waals surface area contributed by atoms with E-state index >= 15 is 0 Å². The molecule has 4 heteroatoms. The summed E-state index contributed by atoms with van der Waals surface area (Å²) in [6.45, 7) is 0.638. The molecule has 0 bridgehead atoms. The molecule has 1 fully saturated rings. The van der Waals surface area contributed by atoms with Crippen molar-refractivity contribution in [3.8, 4) is 6.07 Å². The van der Waals surface area contributed by atoms with Crippen LogP contribution < -0.4 is 0 Å². The van der Waals surface area contributed by atoms with E-state index in [4.69, 9.17) is 10.00 Å². The molecule has 1 aromatic rings. The molecule has 2 atom stereocenters. The standard InChI is InChI=1S/C11H11NO2S/c12-7-8(10-4-2-6-15-10)11(13)9-3-1-5-14-9/h2,4,6,8-9H,1,3,5H2. The Morgan fingerprint density at radius 2 is 2.60 bits per heavy atom. The Morgan fingerprint density at radius 3 is 3.13 bits per heavy atom. The highest BCUT2D eigenvalue weighted by Gasteiger charge is 2.31. The van der Waals surface area contributed by atoms with Crippen molar-refractivity contribution in [2.24, 2.45) is 0 Å². The lowest BCUT2D eigenvalue weighted by Crippen LogP contribution is -2.24. The van der Waals surface area contributed by atoms with Gasteiger partial charge in [0, 0.05) is 11.5 Å². The lowest BCUT2D eigenvalue weighted by Gasteiger charge is -2.11. The topological polar surface area (TPSA) is 50.1 Å². The van der Waals surface area contributed by atoms with E-state index in [0.29, 0.717) is 6.61 Å². The first-order valence-corrected chi connectivity index (χ1v) is 5.79. The summed E-state index contributed by atoms with van der Waals surface area (Å²) in [6, 6.07) is 5.74. The van der Waals surface area contributed by atoms with Crippen LogP contribution in [0.5, 0.6) is 0 Å². The lowest BCUT2D eigenvalue weighted by atomic mass is 9.98. The number of ketones is 1. The Labute approximate surface area is 92.3 Å². The SMILES string of the molecule is N#CC(C(=O)C1CCCO1)c1cccs1. The zero-order valence-corrected chi connectivity index (χ0v) is 9.00. The minimum absolute atomic E-state index is 0.0857. The quantitative estimate of drug-likeness (QED) is 0.785. The number of nitrogens with zero attached hydrogens (tertiary/aromatic N) is 1. The third-order valence-electron chi connectivity index (χ3n) is 2.49. The molecule has 15 heavy (non-hydrogen) atoms. The summed E-state index contributed by atoms with van der Waals surface area (Å²) in [7, 11) is 0. The molecule has 2 rings (SSSR count). The number of Topliss-reactive ketones (excluding diaryl/α,β-unsaturated/α-hetero) is 1. The molecule has 0 amide bonds. The summed E-state index contributed by atoms with van der Waals surface area (Å²) in [5.41, 5.74) is 0. The smallest absolute Gasteiger partial charge is 0.183 e. The Balaban J connectivity index is 2.14. The molecule has 1 saturated heterocycles. The highest BCUT2D eigenvalue weighted by molar-refractivity contribution is 7.10. The van der Waals surface area contributed by atoms with E-state index in [1.54, 1.807) is 0 Å². The van der Waals surface area contributed by atoms with Gasteiger partial charge in [-0.15, -0.1) is 11.3 Å². The predicted molar refractivity (Wildman–Crippen MR) is 56.7 cm³/mol. The van der Waals surface area contributed by atoms with E-state index in [9.17, 15) is 4.79 Å². The summed E-state index contributed by atoms with van der Waals surface area (Å²) < 4.78 is 5.30. The minimum atomic E-state index is -0.645. The van der Waals surface area contributed by atoms with Gasteiger partial charge in [0.1, 0.15) is 12.0 Å². The average Bonchev–Trinajstić information content (AvgIpc) is 2.91. The molecule has 2 unspecified atom stereocenters. The van der Waals surface area contributed by atoms with Crippen LogP contribution in [0.4, 0.5) is 0 Å². The second-order valence-corrected chi connectivity index (χ2v) is 4.46. The van der Waals surface area contributed by atoms with Crippen molar-refractivity contribution >= 4 is 17.1 Å². The maximum atomic E-state index is 11.9. The Kier molecular flexibility index (Phi) is 3.14. The first-order valence-electron chi connectivity index (χ1n) is 4.91. The first kappa shape index (κ1) is 10.3. The maximum absolute atomic E-state index is 11.9. The van der Waals surface area contributed by atoms with Crippen LogP contribution in [0.15, 0.2) is 17.5 Å². The van der Waals surface area contributed by atoms with Gasteiger partial charge in [0.15, 0.2) is 5.78 Å². The van der Waals surface area contributed by atoms with Crippen molar-refractivity contribution in [1.29, 1.82) is 5.26 Å². The summed E-state index contributed by atoms with van der Waals surface area (Å²) in [5.74, 6) is -0.731. The molecule has 0 saturated carbocycles. The van der Waals surface area contributed by atoms with Gasteiger partial charge in [0.25, 0.3) is 0 Å². The highest BCUT2D eigenvalue weighted by Crippen LogP contribution is 2.26. The van der Waals surface area contributed by atoms with Gasteiger partial charge in [-0.05, 0) is 24.3 Å². The first-order chi connectivity index (χ1) is 7.33. The molecule has 1 aliphatic heterocycles. The van der Waals surface area contributed by atoms with Gasteiger partial charge in [0.2, 0.25) is 0 Å². The largest absolute Gasteiger partial charge is 0.370 e. The van der Waals surface area contributed by atoms with E-state index in [1.165, 1.54) is 11.3 Å². The second kappa shape index (κ2) is 4.56. The molecule has 78 valence electrons. The molecule has 1 aromatic heterocycles. The second-order valence-electron chi connectivity index (χ2n) is 3.48. The van der Waals surface area contributed by atoms with Gasteiger partial charge in [-0.25, -0.2) is 0 Å². The van der Waals surface area contributed by atoms with Crippen LogP contribution in [0.2, 0.25) is 0 Å². The normalized spacial score (nSPS) is 22.2. The van der Waals surface area contributed by atoms with E-state index in [1.807, 2.05) is 17.5 Å². The lowest BCUT2D eigenvalue weighted by molar-refractivity contribution is -0.128. The number of hydrogen-bond acceptors (Lipinski definition) is 4. The summed E-state index contributed by atoms with van der Waals surface area (Å²) in [5, 5.41) is 10.9. The Bertz CT molecular complexity index is 374. The van der Waals surface area contributed by atoms with E-state index in [0.717, 1.165) is 17.7 Å². The van der Waals surface area contributed by atoms with Gasteiger partial charge in [0.05, 0.1) is 6.07 Å². The van der Waals surface area contributed by atoms with Crippen molar-refractivity contribution in [3.63, 3.8) is 0 Å². The van der Waals surface area contributed by atoms with Gasteiger partial charge >= 0.3 is 0 Å². The molecular formula is C11H11NO2S. The molecule has 0 radical (unpaired) electrons. The molecule has 1 aliphatic rings. The van der Waals surface area contributed by atoms with Crippen LogP contribution in [0.25, 0.3) is 0 Å². The number of rotatable bonds is 3. The number of hydrogen-bond donors (Lipinski definition) is 0. The van der Waals surface area contributed by atoms with Crippen molar-refractivity contribution in [2.45, 2.75) is 24.9 Å². The monoisotopic (exact) mass is 221 g/mol. The van der Waals surface area contributed by atoms with E-state index < -0.39 is 5.92 Å². The fourth-order valence-electron chi connectivity index (χ4n) is 1.71. The van der Waals surface area contributed by atoms with E-state index in [2.05, 4.69) is 6.07 Å². The number of thiophene rings is 1. The Hall–Kier alpha value is -1.18. The van der Waals surface area contributed by atoms with Gasteiger partial charge in [-0.3, -0.25) is 4.79 Å². The van der Waals surface area contributed by atoms with Crippen LogP contribution in [-0.4, -0.2) is 18.5 Å². The summed E-state index contributed by atoms with van der Waals surface area (Å²) in [4.78, 5) is 12.8. The van der Waals surface area contributed by atoms with Crippen molar-refractivity contribution in [1.82, 2.24) is 0 Å². The van der Waals surface area contributed by atoms with Gasteiger partial charge < -0.3 is 4.74 Å². The van der Waals surface area contributed by atoms with Crippen molar-refractivity contribution in [3.05, 3.63) is 22.4 Å². The molecule has 0 N–H and O–H groups in total. The number of nitriles is 1. The zero-order valence-electron chi connectivity index (χ0n) is 8.18. The van der Waals surface area contributed by atoms with Gasteiger partial charge in [-0.1, -0.05) is 6.07 Å². The van der Waals surface area contributed by atoms with Crippen LogP contribution in [0.3, 0.4) is 0 Å². The van der Waals surface area contributed by atoms with Crippen LogP contribution >= 0.6 is 11.3 Å². The van der Waals surface area contributed by atoms with Gasteiger partial charge in [-0.2, -0.15) is 5.26 Å². The van der Waals surface area contributed by atoms with E-state index in [-0.39, 0.29) is 11.9 Å². The number of carbonyl (C=O) groups excluding carboxylic acids is 1. The molecule has 0 spiro atoms. The van der Waals surface area contributed by atoms with Crippen LogP contribution in [0, 0.1) is 11.3 Å².